The molecule has 2 aromatic carbocycles. The number of amides is 1. The van der Waals surface area contributed by atoms with E-state index in [2.05, 4.69) is 44.8 Å². The third kappa shape index (κ3) is 3.47. The fourth-order valence-corrected chi connectivity index (χ4v) is 4.73. The number of piperidine rings is 1. The highest BCUT2D eigenvalue weighted by Gasteiger charge is 2.40. The second-order valence-electron chi connectivity index (χ2n) is 8.19. The second kappa shape index (κ2) is 7.48. The van der Waals surface area contributed by atoms with Crippen molar-refractivity contribution in [3.05, 3.63) is 71.9 Å². The van der Waals surface area contributed by atoms with E-state index in [0.29, 0.717) is 12.1 Å². The first-order valence-electron chi connectivity index (χ1n) is 10.4. The third-order valence-electron chi connectivity index (χ3n) is 6.50. The van der Waals surface area contributed by atoms with Crippen molar-refractivity contribution in [3.63, 3.8) is 0 Å². The maximum absolute atomic E-state index is 12.5. The summed E-state index contributed by atoms with van der Waals surface area (Å²) in [4.78, 5) is 19.3. The number of fused-ring (bicyclic) bond motifs is 3. The van der Waals surface area contributed by atoms with Crippen LogP contribution in [0.5, 0.6) is 0 Å². The van der Waals surface area contributed by atoms with Crippen LogP contribution < -0.4 is 10.6 Å². The molecular formula is C24H26N4O. The molecule has 0 atom stereocenters. The molecule has 0 unspecified atom stereocenters. The highest BCUT2D eigenvalue weighted by molar-refractivity contribution is 5.97. The van der Waals surface area contributed by atoms with Crippen molar-refractivity contribution in [1.82, 2.24) is 15.2 Å². The van der Waals surface area contributed by atoms with Gasteiger partial charge in [0.1, 0.15) is 0 Å². The Morgan fingerprint density at radius 1 is 1.10 bits per heavy atom. The number of nitrogens with one attached hydrogen (secondary N) is 2. The van der Waals surface area contributed by atoms with Gasteiger partial charge in [0.05, 0.1) is 11.1 Å². The van der Waals surface area contributed by atoms with Crippen LogP contribution in [0.1, 0.15) is 28.8 Å². The van der Waals surface area contributed by atoms with Gasteiger partial charge in [-0.25, -0.2) is 0 Å². The number of hydrogen-bond donors (Lipinski definition) is 2. The van der Waals surface area contributed by atoms with Gasteiger partial charge in [0.15, 0.2) is 0 Å². The first kappa shape index (κ1) is 18.1. The van der Waals surface area contributed by atoms with E-state index >= 15 is 0 Å². The molecule has 5 rings (SSSR count). The highest BCUT2D eigenvalue weighted by atomic mass is 16.1. The minimum Gasteiger partial charge on any atom is -0.384 e. The molecule has 5 nitrogen and oxygen atoms in total. The van der Waals surface area contributed by atoms with Gasteiger partial charge in [-0.2, -0.15) is 0 Å². The summed E-state index contributed by atoms with van der Waals surface area (Å²) in [6.45, 7) is 4.74. The van der Waals surface area contributed by atoms with Gasteiger partial charge in [-0.3, -0.25) is 9.78 Å². The number of para-hydroxylation sites is 2. The number of pyridine rings is 1. The Labute approximate surface area is 171 Å². The molecule has 3 aromatic rings. The molecule has 3 heterocycles. The number of nitrogens with zero attached hydrogens (tertiary/aromatic N) is 2. The van der Waals surface area contributed by atoms with Crippen LogP contribution in [-0.4, -0.2) is 48.5 Å². The Balaban J connectivity index is 1.14. The zero-order chi connectivity index (χ0) is 19.7. The van der Waals surface area contributed by atoms with Gasteiger partial charge < -0.3 is 15.5 Å². The van der Waals surface area contributed by atoms with E-state index in [9.17, 15) is 4.79 Å². The Morgan fingerprint density at radius 3 is 2.79 bits per heavy atom. The van der Waals surface area contributed by atoms with Crippen LogP contribution in [0.25, 0.3) is 10.9 Å². The van der Waals surface area contributed by atoms with E-state index in [1.54, 1.807) is 6.20 Å². The van der Waals surface area contributed by atoms with E-state index in [-0.39, 0.29) is 11.3 Å². The zero-order valence-electron chi connectivity index (χ0n) is 16.5. The van der Waals surface area contributed by atoms with Crippen LogP contribution in [0.2, 0.25) is 0 Å². The Hall–Kier alpha value is -2.92. The first-order chi connectivity index (χ1) is 14.2. The minimum atomic E-state index is -0.0503. The van der Waals surface area contributed by atoms with Gasteiger partial charge in [-0.1, -0.05) is 36.4 Å². The summed E-state index contributed by atoms with van der Waals surface area (Å²) in [5, 5.41) is 7.63. The maximum Gasteiger partial charge on any atom is 0.252 e. The van der Waals surface area contributed by atoms with Gasteiger partial charge in [-0.15, -0.1) is 0 Å². The smallest absolute Gasteiger partial charge is 0.252 e. The van der Waals surface area contributed by atoms with Crippen LogP contribution in [0.3, 0.4) is 0 Å². The molecule has 2 aliphatic heterocycles. The third-order valence-corrected chi connectivity index (χ3v) is 6.50. The summed E-state index contributed by atoms with van der Waals surface area (Å²) in [6.07, 6.45) is 3.99. The fraction of sp³-hybridized carbons (Fsp3) is 0.333. The topological polar surface area (TPSA) is 57.3 Å². The number of carbonyl (C=O) groups is 1. The largest absolute Gasteiger partial charge is 0.384 e. The minimum absolute atomic E-state index is 0.0503. The number of aromatic nitrogens is 1. The van der Waals surface area contributed by atoms with Crippen molar-refractivity contribution in [2.45, 2.75) is 18.3 Å². The van der Waals surface area contributed by atoms with Crippen molar-refractivity contribution in [1.29, 1.82) is 0 Å². The maximum atomic E-state index is 12.5. The number of hydrogen-bond acceptors (Lipinski definition) is 4. The summed E-state index contributed by atoms with van der Waals surface area (Å²) in [5.74, 6) is -0.0503. The van der Waals surface area contributed by atoms with Gasteiger partial charge in [0.25, 0.3) is 5.91 Å². The molecule has 2 aliphatic rings. The Morgan fingerprint density at radius 2 is 1.90 bits per heavy atom. The zero-order valence-corrected chi connectivity index (χ0v) is 16.5. The molecular weight excluding hydrogens is 360 g/mol. The highest BCUT2D eigenvalue weighted by Crippen LogP contribution is 2.43. The molecule has 1 spiro atoms. The summed E-state index contributed by atoms with van der Waals surface area (Å²) < 4.78 is 0. The fourth-order valence-electron chi connectivity index (χ4n) is 4.73. The predicted octanol–water partition coefficient (Wildman–Crippen LogP) is 3.42. The van der Waals surface area contributed by atoms with Gasteiger partial charge in [-0.05, 0) is 49.7 Å². The van der Waals surface area contributed by atoms with Crippen LogP contribution in [0.15, 0.2) is 60.8 Å². The summed E-state index contributed by atoms with van der Waals surface area (Å²) in [5.41, 5.74) is 4.60. The number of rotatable bonds is 4. The summed E-state index contributed by atoms with van der Waals surface area (Å²) in [6, 6.07) is 18.5. The molecule has 2 N–H and O–H groups in total. The number of anilines is 1. The Kier molecular flexibility index (Phi) is 4.68. The number of carbonyl (C=O) groups excluding carboxylic acids is 1. The quantitative estimate of drug-likeness (QED) is 0.721. The van der Waals surface area contributed by atoms with Crippen molar-refractivity contribution in [3.8, 4) is 0 Å². The lowest BCUT2D eigenvalue weighted by molar-refractivity contribution is 0.0942. The van der Waals surface area contributed by atoms with Crippen LogP contribution in [-0.2, 0) is 5.41 Å². The molecule has 148 valence electrons. The van der Waals surface area contributed by atoms with Gasteiger partial charge >= 0.3 is 0 Å². The molecule has 1 aromatic heterocycles. The van der Waals surface area contributed by atoms with Crippen LogP contribution >= 0.6 is 0 Å². The summed E-state index contributed by atoms with van der Waals surface area (Å²) >= 11 is 0. The second-order valence-corrected chi connectivity index (χ2v) is 8.19. The van der Waals surface area contributed by atoms with Crippen molar-refractivity contribution < 1.29 is 4.79 Å². The van der Waals surface area contributed by atoms with Crippen LogP contribution in [0, 0.1) is 0 Å². The van der Waals surface area contributed by atoms with E-state index in [1.165, 1.54) is 24.1 Å². The lowest BCUT2D eigenvalue weighted by Gasteiger charge is -2.39. The molecule has 0 radical (unpaired) electrons. The molecule has 0 saturated carbocycles. The average Bonchev–Trinajstić information content (AvgIpc) is 3.13. The molecule has 5 heteroatoms. The SMILES string of the molecule is O=C(NCCN1CCC2(CC1)CNc1ccccc12)c1cnc2ccccc2c1. The van der Waals surface area contributed by atoms with Crippen molar-refractivity contribution in [2.24, 2.45) is 0 Å². The molecule has 0 bridgehead atoms. The Bertz CT molecular complexity index is 1040. The molecule has 29 heavy (non-hydrogen) atoms. The monoisotopic (exact) mass is 386 g/mol. The lowest BCUT2D eigenvalue weighted by Crippen LogP contribution is -2.46. The molecule has 1 amide bonds. The van der Waals surface area contributed by atoms with Crippen LogP contribution in [0.4, 0.5) is 5.69 Å². The number of likely N-dealkylation sites (tertiary alicyclic amines) is 1. The number of benzene rings is 2. The average molecular weight is 386 g/mol. The molecule has 1 saturated heterocycles. The van der Waals surface area contributed by atoms with Crippen molar-refractivity contribution in [2.75, 3.05) is 38.0 Å². The van der Waals surface area contributed by atoms with E-state index in [0.717, 1.165) is 37.1 Å². The van der Waals surface area contributed by atoms with Crippen molar-refractivity contribution >= 4 is 22.5 Å². The molecule has 0 aliphatic carbocycles. The van der Waals surface area contributed by atoms with E-state index < -0.39 is 0 Å². The molecule has 1 fully saturated rings. The standard InChI is InChI=1S/C24H26N4O/c29-23(19-15-18-5-1-3-7-21(18)26-16-19)25-11-14-28-12-9-24(10-13-28)17-27-22-8-4-2-6-20(22)24/h1-8,15-16,27H,9-14,17H2,(H,25,29). The van der Waals surface area contributed by atoms with Gasteiger partial charge in [0.2, 0.25) is 0 Å². The van der Waals surface area contributed by atoms with E-state index in [4.69, 9.17) is 0 Å². The van der Waals surface area contributed by atoms with E-state index in [1.807, 2.05) is 30.3 Å². The van der Waals surface area contributed by atoms with Gasteiger partial charge in [0, 0.05) is 42.3 Å². The first-order valence-corrected chi connectivity index (χ1v) is 10.4. The summed E-state index contributed by atoms with van der Waals surface area (Å²) in [7, 11) is 0. The normalized spacial score (nSPS) is 17.8. The predicted molar refractivity (Wildman–Crippen MR) is 116 cm³/mol. The lowest BCUT2D eigenvalue weighted by atomic mass is 9.74.